The summed E-state index contributed by atoms with van der Waals surface area (Å²) in [6.07, 6.45) is 1.74. The Morgan fingerprint density at radius 3 is 2.48 bits per heavy atom. The van der Waals surface area contributed by atoms with E-state index >= 15 is 0 Å². The number of thioether (sulfide) groups is 1. The highest BCUT2D eigenvalue weighted by molar-refractivity contribution is 9.10. The van der Waals surface area contributed by atoms with Crippen molar-refractivity contribution in [1.82, 2.24) is 5.32 Å². The normalized spacial score (nSPS) is 16.2. The van der Waals surface area contributed by atoms with E-state index in [1.165, 1.54) is 25.8 Å². The number of amidine groups is 1. The number of carbonyl (C=O) groups is 2. The van der Waals surface area contributed by atoms with Gasteiger partial charge in [-0.05, 0) is 72.6 Å². The molecule has 1 saturated heterocycles. The van der Waals surface area contributed by atoms with E-state index in [4.69, 9.17) is 9.47 Å². The lowest BCUT2D eigenvalue weighted by Crippen LogP contribution is -2.19. The molecule has 1 N–H and O–H groups in total. The molecule has 8 heteroatoms. The molecule has 2 aromatic rings. The Bertz CT molecular complexity index is 1040. The Kier molecular flexibility index (Phi) is 6.44. The van der Waals surface area contributed by atoms with Crippen molar-refractivity contribution in [2.45, 2.75) is 20.8 Å². The Labute approximate surface area is 181 Å². The number of hydrogen-bond acceptors (Lipinski definition) is 6. The number of nitrogens with one attached hydrogen (secondary N) is 1. The maximum absolute atomic E-state index is 12.3. The third-order valence-electron chi connectivity index (χ3n) is 4.04. The van der Waals surface area contributed by atoms with Crippen molar-refractivity contribution in [2.24, 2.45) is 4.99 Å². The maximum Gasteiger partial charge on any atom is 0.308 e. The van der Waals surface area contributed by atoms with Crippen LogP contribution >= 0.6 is 27.7 Å². The summed E-state index contributed by atoms with van der Waals surface area (Å²) in [6, 6.07) is 8.99. The molecule has 0 aromatic heterocycles. The van der Waals surface area contributed by atoms with Gasteiger partial charge in [-0.2, -0.15) is 0 Å². The fourth-order valence-corrected chi connectivity index (χ4v) is 3.82. The Hall–Kier alpha value is -2.58. The van der Waals surface area contributed by atoms with E-state index in [1.807, 2.05) is 26.0 Å². The molecule has 1 aliphatic rings. The molecule has 0 saturated carbocycles. The summed E-state index contributed by atoms with van der Waals surface area (Å²) < 4.78 is 11.4. The second kappa shape index (κ2) is 8.84. The topological polar surface area (TPSA) is 77.0 Å². The fraction of sp³-hybridized carbons (Fsp3) is 0.190. The van der Waals surface area contributed by atoms with Gasteiger partial charge >= 0.3 is 5.97 Å². The molecule has 0 radical (unpaired) electrons. The zero-order valence-corrected chi connectivity index (χ0v) is 18.7. The first-order chi connectivity index (χ1) is 13.8. The lowest BCUT2D eigenvalue weighted by Gasteiger charge is -2.08. The molecule has 150 valence electrons. The number of rotatable bonds is 4. The van der Waals surface area contributed by atoms with E-state index in [2.05, 4.69) is 26.2 Å². The zero-order valence-electron chi connectivity index (χ0n) is 16.3. The van der Waals surface area contributed by atoms with Gasteiger partial charge in [0.25, 0.3) is 5.91 Å². The van der Waals surface area contributed by atoms with Gasteiger partial charge < -0.3 is 14.8 Å². The lowest BCUT2D eigenvalue weighted by atomic mass is 10.1. The SMILES string of the molecule is COc1cc(/C=C2\SC(=Nc3cc(C)c(Br)c(C)c3)NC2=O)ccc1OC(C)=O. The number of methoxy groups -OCH3 is 1. The van der Waals surface area contributed by atoms with Gasteiger partial charge in [0.1, 0.15) is 0 Å². The van der Waals surface area contributed by atoms with Crippen LogP contribution in [-0.2, 0) is 9.59 Å². The second-order valence-corrected chi connectivity index (χ2v) is 8.20. The van der Waals surface area contributed by atoms with Crippen LogP contribution in [0.3, 0.4) is 0 Å². The van der Waals surface area contributed by atoms with Gasteiger partial charge in [0, 0.05) is 11.4 Å². The third kappa shape index (κ3) is 5.07. The van der Waals surface area contributed by atoms with Crippen LogP contribution in [-0.4, -0.2) is 24.2 Å². The fourth-order valence-electron chi connectivity index (χ4n) is 2.75. The smallest absolute Gasteiger partial charge is 0.308 e. The zero-order chi connectivity index (χ0) is 21.1. The first kappa shape index (κ1) is 21.1. The highest BCUT2D eigenvalue weighted by Crippen LogP contribution is 2.33. The minimum absolute atomic E-state index is 0.220. The summed E-state index contributed by atoms with van der Waals surface area (Å²) in [6.45, 7) is 5.32. The lowest BCUT2D eigenvalue weighted by molar-refractivity contribution is -0.132. The standard InChI is InChI=1S/C21H19BrN2O4S/c1-11-7-15(8-12(2)19(11)22)23-21-24-20(26)18(29-21)10-14-5-6-16(28-13(3)25)17(9-14)27-4/h5-10H,1-4H3,(H,23,24,26)/b18-10-. The van der Waals surface area contributed by atoms with Crippen LogP contribution in [0.2, 0.25) is 0 Å². The van der Waals surface area contributed by atoms with Crippen molar-refractivity contribution in [3.8, 4) is 11.5 Å². The molecular weight excluding hydrogens is 456 g/mol. The van der Waals surface area contributed by atoms with E-state index < -0.39 is 5.97 Å². The van der Waals surface area contributed by atoms with Crippen molar-refractivity contribution in [3.05, 3.63) is 56.4 Å². The van der Waals surface area contributed by atoms with Crippen LogP contribution in [0.4, 0.5) is 5.69 Å². The minimum atomic E-state index is -0.431. The number of ether oxygens (including phenoxy) is 2. The number of aryl methyl sites for hydroxylation is 2. The van der Waals surface area contributed by atoms with E-state index in [9.17, 15) is 9.59 Å². The summed E-state index contributed by atoms with van der Waals surface area (Å²) in [7, 11) is 1.49. The summed E-state index contributed by atoms with van der Waals surface area (Å²) in [5.41, 5.74) is 3.68. The highest BCUT2D eigenvalue weighted by Gasteiger charge is 2.24. The van der Waals surface area contributed by atoms with Crippen LogP contribution in [0.25, 0.3) is 6.08 Å². The first-order valence-electron chi connectivity index (χ1n) is 8.69. The molecule has 29 heavy (non-hydrogen) atoms. The van der Waals surface area contributed by atoms with Crippen LogP contribution in [0.5, 0.6) is 11.5 Å². The van der Waals surface area contributed by atoms with Crippen LogP contribution in [0, 0.1) is 13.8 Å². The summed E-state index contributed by atoms with van der Waals surface area (Å²) >= 11 is 4.81. The number of aliphatic imine (C=N–C) groups is 1. The van der Waals surface area contributed by atoms with Crippen molar-refractivity contribution in [1.29, 1.82) is 0 Å². The van der Waals surface area contributed by atoms with E-state index in [0.717, 1.165) is 26.9 Å². The molecule has 0 atom stereocenters. The maximum atomic E-state index is 12.3. The Balaban J connectivity index is 1.85. The molecule has 3 rings (SSSR count). The van der Waals surface area contributed by atoms with Crippen molar-refractivity contribution >= 4 is 56.5 Å². The Morgan fingerprint density at radius 2 is 1.86 bits per heavy atom. The molecule has 1 fully saturated rings. The molecule has 1 amide bonds. The summed E-state index contributed by atoms with van der Waals surface area (Å²) in [4.78, 5) is 28.6. The predicted molar refractivity (Wildman–Crippen MR) is 119 cm³/mol. The first-order valence-corrected chi connectivity index (χ1v) is 10.3. The van der Waals surface area contributed by atoms with E-state index in [-0.39, 0.29) is 5.91 Å². The molecule has 0 spiro atoms. The van der Waals surface area contributed by atoms with Gasteiger partial charge in [-0.25, -0.2) is 4.99 Å². The van der Waals surface area contributed by atoms with Crippen LogP contribution in [0.1, 0.15) is 23.6 Å². The number of amides is 1. The average Bonchev–Trinajstić information content (AvgIpc) is 2.99. The molecule has 0 aliphatic carbocycles. The van der Waals surface area contributed by atoms with Gasteiger partial charge in [0.2, 0.25) is 0 Å². The number of halogens is 1. The molecule has 1 aliphatic heterocycles. The highest BCUT2D eigenvalue weighted by atomic mass is 79.9. The van der Waals surface area contributed by atoms with Crippen molar-refractivity contribution in [2.75, 3.05) is 7.11 Å². The van der Waals surface area contributed by atoms with Crippen molar-refractivity contribution in [3.63, 3.8) is 0 Å². The number of benzene rings is 2. The van der Waals surface area contributed by atoms with Gasteiger partial charge in [0.15, 0.2) is 16.7 Å². The number of hydrogen-bond donors (Lipinski definition) is 1. The van der Waals surface area contributed by atoms with Crippen molar-refractivity contribution < 1.29 is 19.1 Å². The molecule has 1 heterocycles. The average molecular weight is 475 g/mol. The van der Waals surface area contributed by atoms with Crippen LogP contribution < -0.4 is 14.8 Å². The largest absolute Gasteiger partial charge is 0.493 e. The van der Waals surface area contributed by atoms with Gasteiger partial charge in [0.05, 0.1) is 17.7 Å². The molecule has 2 aromatic carbocycles. The number of carbonyl (C=O) groups excluding carboxylic acids is 2. The van der Waals surface area contributed by atoms with Gasteiger partial charge in [-0.15, -0.1) is 0 Å². The van der Waals surface area contributed by atoms with Gasteiger partial charge in [-0.1, -0.05) is 22.0 Å². The quantitative estimate of drug-likeness (QED) is 0.387. The number of esters is 1. The monoisotopic (exact) mass is 474 g/mol. The number of nitrogens with zero attached hydrogens (tertiary/aromatic N) is 1. The molecule has 0 unspecified atom stereocenters. The molecular formula is C21H19BrN2O4S. The third-order valence-corrected chi connectivity index (χ3v) is 6.20. The molecule has 0 bridgehead atoms. The van der Waals surface area contributed by atoms with E-state index in [1.54, 1.807) is 24.3 Å². The predicted octanol–water partition coefficient (Wildman–Crippen LogP) is 4.89. The molecule has 6 nitrogen and oxygen atoms in total. The van der Waals surface area contributed by atoms with Crippen LogP contribution in [0.15, 0.2) is 44.7 Å². The summed E-state index contributed by atoms with van der Waals surface area (Å²) in [5.74, 6) is 0.0864. The second-order valence-electron chi connectivity index (χ2n) is 6.38. The summed E-state index contributed by atoms with van der Waals surface area (Å²) in [5, 5.41) is 3.31. The Morgan fingerprint density at radius 1 is 1.17 bits per heavy atom. The van der Waals surface area contributed by atoms with E-state index in [0.29, 0.717) is 21.6 Å². The van der Waals surface area contributed by atoms with Gasteiger partial charge in [-0.3, -0.25) is 9.59 Å². The minimum Gasteiger partial charge on any atom is -0.493 e.